The number of ether oxygens (including phenoxy) is 1. The third-order valence-electron chi connectivity index (χ3n) is 5.20. The Hall–Kier alpha value is -2.72. The molecule has 3 nitrogen and oxygen atoms in total. The number of hydrogen-bond acceptors (Lipinski definition) is 3. The Morgan fingerprint density at radius 1 is 1.00 bits per heavy atom. The number of thioether (sulfide) groups is 1. The Balaban J connectivity index is 1.55. The van der Waals surface area contributed by atoms with E-state index in [-0.39, 0.29) is 17.2 Å². The highest BCUT2D eigenvalue weighted by atomic mass is 32.2. The number of para-hydroxylation sites is 1. The van der Waals surface area contributed by atoms with Crippen LogP contribution in [0.2, 0.25) is 0 Å². The van der Waals surface area contributed by atoms with E-state index in [1.165, 1.54) is 0 Å². The summed E-state index contributed by atoms with van der Waals surface area (Å²) in [6, 6.07) is 28.0. The molecular formula is C25H25NO2S. The van der Waals surface area contributed by atoms with Gasteiger partial charge in [0.1, 0.15) is 16.9 Å². The van der Waals surface area contributed by atoms with Gasteiger partial charge in [-0.2, -0.15) is 0 Å². The second-order valence-electron chi connectivity index (χ2n) is 7.11. The maximum atomic E-state index is 13.4. The molecule has 1 saturated heterocycles. The van der Waals surface area contributed by atoms with Crippen molar-refractivity contribution in [2.45, 2.75) is 24.6 Å². The molecule has 0 spiro atoms. The SMILES string of the molecule is CC[C@H](C(=O)N1CCS[C@H]1c1cccc(Oc2ccccc2)c1)c1ccccc1. The van der Waals surface area contributed by atoms with Crippen LogP contribution in [0.4, 0.5) is 0 Å². The number of nitrogens with zero attached hydrogens (tertiary/aromatic N) is 1. The highest BCUT2D eigenvalue weighted by Crippen LogP contribution is 2.41. The van der Waals surface area contributed by atoms with Crippen molar-refractivity contribution in [3.63, 3.8) is 0 Å². The molecule has 0 unspecified atom stereocenters. The Kier molecular flexibility index (Phi) is 6.20. The molecule has 2 atom stereocenters. The molecule has 3 aromatic carbocycles. The smallest absolute Gasteiger partial charge is 0.231 e. The topological polar surface area (TPSA) is 29.5 Å². The molecule has 4 heteroatoms. The van der Waals surface area contributed by atoms with Gasteiger partial charge in [0.05, 0.1) is 5.92 Å². The maximum Gasteiger partial charge on any atom is 0.231 e. The third-order valence-corrected chi connectivity index (χ3v) is 6.47. The van der Waals surface area contributed by atoms with Crippen LogP contribution in [0.3, 0.4) is 0 Å². The van der Waals surface area contributed by atoms with Gasteiger partial charge in [0.2, 0.25) is 5.91 Å². The standard InChI is InChI=1S/C25H25NO2S/c1-2-23(19-10-5-3-6-11-19)24(27)26-16-17-29-25(26)20-12-9-15-22(18-20)28-21-13-7-4-8-14-21/h3-15,18,23,25H,2,16-17H2,1H3/t23-,25-/m0/s1. The van der Waals surface area contributed by atoms with Gasteiger partial charge in [-0.25, -0.2) is 0 Å². The van der Waals surface area contributed by atoms with Crippen LogP contribution in [0.1, 0.15) is 35.8 Å². The zero-order valence-corrected chi connectivity index (χ0v) is 17.3. The Morgan fingerprint density at radius 3 is 2.41 bits per heavy atom. The number of amides is 1. The summed E-state index contributed by atoms with van der Waals surface area (Å²) in [6.45, 7) is 2.86. The largest absolute Gasteiger partial charge is 0.457 e. The van der Waals surface area contributed by atoms with Crippen LogP contribution in [-0.4, -0.2) is 23.1 Å². The molecule has 3 aromatic rings. The monoisotopic (exact) mass is 403 g/mol. The molecule has 0 N–H and O–H groups in total. The lowest BCUT2D eigenvalue weighted by atomic mass is 9.95. The van der Waals surface area contributed by atoms with Crippen molar-refractivity contribution in [1.29, 1.82) is 0 Å². The molecule has 1 fully saturated rings. The highest BCUT2D eigenvalue weighted by molar-refractivity contribution is 7.99. The van der Waals surface area contributed by atoms with Crippen molar-refractivity contribution in [2.75, 3.05) is 12.3 Å². The van der Waals surface area contributed by atoms with Gasteiger partial charge in [0.25, 0.3) is 0 Å². The molecular weight excluding hydrogens is 378 g/mol. The average molecular weight is 404 g/mol. The minimum Gasteiger partial charge on any atom is -0.457 e. The number of rotatable bonds is 6. The van der Waals surface area contributed by atoms with Crippen molar-refractivity contribution < 1.29 is 9.53 Å². The fourth-order valence-electron chi connectivity index (χ4n) is 3.77. The fourth-order valence-corrected chi connectivity index (χ4v) is 5.02. The zero-order chi connectivity index (χ0) is 20.1. The first-order chi connectivity index (χ1) is 14.3. The normalized spacial score (nSPS) is 17.1. The molecule has 0 bridgehead atoms. The zero-order valence-electron chi connectivity index (χ0n) is 16.5. The molecule has 1 aliphatic rings. The lowest BCUT2D eigenvalue weighted by molar-refractivity contribution is -0.133. The first-order valence-electron chi connectivity index (χ1n) is 10.1. The first-order valence-corrected chi connectivity index (χ1v) is 11.1. The molecule has 0 radical (unpaired) electrons. The summed E-state index contributed by atoms with van der Waals surface area (Å²) >= 11 is 1.82. The third kappa shape index (κ3) is 4.48. The lowest BCUT2D eigenvalue weighted by Crippen LogP contribution is -2.34. The molecule has 1 aliphatic heterocycles. The van der Waals surface area contributed by atoms with E-state index in [4.69, 9.17) is 4.74 Å². The van der Waals surface area contributed by atoms with E-state index >= 15 is 0 Å². The van der Waals surface area contributed by atoms with Crippen LogP contribution in [-0.2, 0) is 4.79 Å². The predicted molar refractivity (Wildman–Crippen MR) is 119 cm³/mol. The summed E-state index contributed by atoms with van der Waals surface area (Å²) < 4.78 is 6.00. The van der Waals surface area contributed by atoms with Crippen LogP contribution >= 0.6 is 11.8 Å². The van der Waals surface area contributed by atoms with Crippen molar-refractivity contribution in [3.05, 3.63) is 96.1 Å². The Bertz CT molecular complexity index is 945. The molecule has 1 heterocycles. The Labute approximate surface area is 176 Å². The summed E-state index contributed by atoms with van der Waals surface area (Å²) in [4.78, 5) is 15.5. The molecule has 29 heavy (non-hydrogen) atoms. The predicted octanol–water partition coefficient (Wildman–Crippen LogP) is 6.25. The quantitative estimate of drug-likeness (QED) is 0.487. The van der Waals surface area contributed by atoms with E-state index < -0.39 is 0 Å². The second kappa shape index (κ2) is 9.19. The van der Waals surface area contributed by atoms with Gasteiger partial charge in [0.15, 0.2) is 0 Å². The number of carbonyl (C=O) groups is 1. The van der Waals surface area contributed by atoms with Gasteiger partial charge in [-0.05, 0) is 41.8 Å². The summed E-state index contributed by atoms with van der Waals surface area (Å²) in [6.07, 6.45) is 0.799. The van der Waals surface area contributed by atoms with Crippen LogP contribution in [0.25, 0.3) is 0 Å². The van der Waals surface area contributed by atoms with Gasteiger partial charge in [0, 0.05) is 12.3 Å². The summed E-state index contributed by atoms with van der Waals surface area (Å²) in [5.74, 6) is 2.67. The minimum absolute atomic E-state index is 0.0274. The fraction of sp³-hybridized carbons (Fsp3) is 0.240. The van der Waals surface area contributed by atoms with E-state index in [0.717, 1.165) is 41.3 Å². The number of carbonyl (C=O) groups excluding carboxylic acids is 1. The van der Waals surface area contributed by atoms with Crippen LogP contribution < -0.4 is 4.74 Å². The number of benzene rings is 3. The van der Waals surface area contributed by atoms with Gasteiger partial charge in [-0.3, -0.25) is 4.79 Å². The van der Waals surface area contributed by atoms with Crippen molar-refractivity contribution in [1.82, 2.24) is 4.90 Å². The van der Waals surface area contributed by atoms with Gasteiger partial charge >= 0.3 is 0 Å². The van der Waals surface area contributed by atoms with Gasteiger partial charge in [-0.1, -0.05) is 67.6 Å². The van der Waals surface area contributed by atoms with Gasteiger partial charge < -0.3 is 9.64 Å². The van der Waals surface area contributed by atoms with E-state index in [0.29, 0.717) is 0 Å². The van der Waals surface area contributed by atoms with Crippen molar-refractivity contribution in [3.8, 4) is 11.5 Å². The lowest BCUT2D eigenvalue weighted by Gasteiger charge is -2.28. The first kappa shape index (κ1) is 19.6. The molecule has 4 rings (SSSR count). The highest BCUT2D eigenvalue weighted by Gasteiger charge is 2.34. The Morgan fingerprint density at radius 2 is 1.69 bits per heavy atom. The summed E-state index contributed by atoms with van der Waals surface area (Å²) in [7, 11) is 0. The summed E-state index contributed by atoms with van der Waals surface area (Å²) in [5, 5.41) is 0.0274. The maximum absolute atomic E-state index is 13.4. The molecule has 1 amide bonds. The summed E-state index contributed by atoms with van der Waals surface area (Å²) in [5.41, 5.74) is 2.20. The van der Waals surface area contributed by atoms with Crippen LogP contribution in [0.5, 0.6) is 11.5 Å². The second-order valence-corrected chi connectivity index (χ2v) is 8.30. The molecule has 0 saturated carbocycles. The van der Waals surface area contributed by atoms with E-state index in [2.05, 4.69) is 31.2 Å². The molecule has 0 aliphatic carbocycles. The van der Waals surface area contributed by atoms with Crippen molar-refractivity contribution in [2.24, 2.45) is 0 Å². The van der Waals surface area contributed by atoms with Crippen molar-refractivity contribution >= 4 is 17.7 Å². The minimum atomic E-state index is -0.0962. The number of hydrogen-bond donors (Lipinski definition) is 0. The van der Waals surface area contributed by atoms with Gasteiger partial charge in [-0.15, -0.1) is 11.8 Å². The molecule has 0 aromatic heterocycles. The average Bonchev–Trinajstić information content (AvgIpc) is 3.26. The van der Waals surface area contributed by atoms with E-state index in [1.807, 2.05) is 77.3 Å². The molecule has 148 valence electrons. The van der Waals surface area contributed by atoms with E-state index in [9.17, 15) is 4.79 Å². The van der Waals surface area contributed by atoms with E-state index in [1.54, 1.807) is 0 Å². The van der Waals surface area contributed by atoms with Crippen LogP contribution in [0.15, 0.2) is 84.9 Å². The van der Waals surface area contributed by atoms with Crippen LogP contribution in [0, 0.1) is 0 Å².